The molecular formula is C13H24N2OS. The van der Waals surface area contributed by atoms with Gasteiger partial charge in [0.25, 0.3) is 0 Å². The Hall–Kier alpha value is -0.480. The molecule has 0 spiro atoms. The summed E-state index contributed by atoms with van der Waals surface area (Å²) in [6, 6.07) is 2.07. The van der Waals surface area contributed by atoms with Crippen LogP contribution >= 0.6 is 11.8 Å². The van der Waals surface area contributed by atoms with Gasteiger partial charge in [0.05, 0.1) is 12.2 Å². The van der Waals surface area contributed by atoms with Gasteiger partial charge in [0.2, 0.25) is 0 Å². The Bertz CT molecular complexity index is 325. The molecule has 4 heteroatoms. The number of hydrogen-bond acceptors (Lipinski definition) is 4. The minimum Gasteiger partial charge on any atom is -0.360 e. The number of nitrogens with zero attached hydrogens (tertiary/aromatic N) is 2. The van der Waals surface area contributed by atoms with E-state index < -0.39 is 0 Å². The zero-order chi connectivity index (χ0) is 12.8. The van der Waals surface area contributed by atoms with Crippen LogP contribution < -0.4 is 0 Å². The maximum atomic E-state index is 5.33. The van der Waals surface area contributed by atoms with Gasteiger partial charge in [0.15, 0.2) is 5.76 Å². The summed E-state index contributed by atoms with van der Waals surface area (Å²) in [7, 11) is 2.13. The fraction of sp³-hybridized carbons (Fsp3) is 0.769. The Kier molecular flexibility index (Phi) is 6.06. The molecule has 3 nitrogen and oxygen atoms in total. The molecule has 0 radical (unpaired) electrons. The highest BCUT2D eigenvalue weighted by Crippen LogP contribution is 2.16. The van der Waals surface area contributed by atoms with Crippen LogP contribution in [-0.4, -0.2) is 35.2 Å². The molecule has 0 aliphatic carbocycles. The summed E-state index contributed by atoms with van der Waals surface area (Å²) in [5.74, 6) is 1.40. The molecule has 0 saturated carbocycles. The van der Waals surface area contributed by atoms with Crippen LogP contribution in [0.3, 0.4) is 0 Å². The fourth-order valence-corrected chi connectivity index (χ4v) is 1.88. The van der Waals surface area contributed by atoms with Crippen molar-refractivity contribution in [3.05, 3.63) is 17.5 Å². The van der Waals surface area contributed by atoms with Crippen LogP contribution in [0.4, 0.5) is 0 Å². The van der Waals surface area contributed by atoms with E-state index in [4.69, 9.17) is 4.52 Å². The van der Waals surface area contributed by atoms with E-state index >= 15 is 0 Å². The van der Waals surface area contributed by atoms with Gasteiger partial charge in [-0.1, -0.05) is 25.9 Å². The Morgan fingerprint density at radius 1 is 1.41 bits per heavy atom. The van der Waals surface area contributed by atoms with Gasteiger partial charge >= 0.3 is 0 Å². The van der Waals surface area contributed by atoms with Crippen molar-refractivity contribution in [1.82, 2.24) is 10.1 Å². The van der Waals surface area contributed by atoms with Crippen molar-refractivity contribution in [2.75, 3.05) is 19.8 Å². The van der Waals surface area contributed by atoms with Crippen molar-refractivity contribution in [2.45, 2.75) is 44.9 Å². The molecule has 1 aromatic heterocycles. The van der Waals surface area contributed by atoms with E-state index in [1.807, 2.05) is 11.8 Å². The third-order valence-corrected chi connectivity index (χ3v) is 3.95. The maximum absolute atomic E-state index is 5.33. The first-order valence-electron chi connectivity index (χ1n) is 6.19. The van der Waals surface area contributed by atoms with Crippen LogP contribution in [0.15, 0.2) is 10.6 Å². The minimum atomic E-state index is 0.439. The molecule has 1 heterocycles. The second kappa shape index (κ2) is 7.07. The van der Waals surface area contributed by atoms with Gasteiger partial charge in [-0.2, -0.15) is 11.8 Å². The Morgan fingerprint density at radius 2 is 2.12 bits per heavy atom. The van der Waals surface area contributed by atoms with Gasteiger partial charge in [-0.05, 0) is 32.2 Å². The first kappa shape index (κ1) is 14.6. The summed E-state index contributed by atoms with van der Waals surface area (Å²) in [5.41, 5.74) is 1.05. The standard InChI is InChI=1S/C13H24N2OS/c1-10(2)13-8-12(16-14-13)9-15(4)7-6-11(3)17-5/h8,10-11H,6-7,9H2,1-5H3/t11-/m0/s1. The Balaban J connectivity index is 2.36. The first-order chi connectivity index (χ1) is 8.02. The maximum Gasteiger partial charge on any atom is 0.150 e. The predicted octanol–water partition coefficient (Wildman–Crippen LogP) is 3.37. The Labute approximate surface area is 109 Å². The predicted molar refractivity (Wildman–Crippen MR) is 74.5 cm³/mol. The fourth-order valence-electron chi connectivity index (χ4n) is 1.54. The number of aromatic nitrogens is 1. The normalized spacial score (nSPS) is 13.6. The van der Waals surface area contributed by atoms with Gasteiger partial charge < -0.3 is 4.52 Å². The topological polar surface area (TPSA) is 29.3 Å². The number of rotatable bonds is 7. The molecule has 17 heavy (non-hydrogen) atoms. The Morgan fingerprint density at radius 3 is 2.65 bits per heavy atom. The first-order valence-corrected chi connectivity index (χ1v) is 7.48. The van der Waals surface area contributed by atoms with Crippen LogP contribution in [-0.2, 0) is 6.54 Å². The molecule has 1 aromatic rings. The van der Waals surface area contributed by atoms with E-state index in [2.05, 4.69) is 50.2 Å². The van der Waals surface area contributed by atoms with Crippen molar-refractivity contribution < 1.29 is 4.52 Å². The third kappa shape index (κ3) is 5.13. The molecule has 1 rings (SSSR count). The quantitative estimate of drug-likeness (QED) is 0.748. The number of hydrogen-bond donors (Lipinski definition) is 0. The summed E-state index contributed by atoms with van der Waals surface area (Å²) in [6.07, 6.45) is 3.37. The van der Waals surface area contributed by atoms with Gasteiger partial charge in [-0.15, -0.1) is 0 Å². The van der Waals surface area contributed by atoms with Crippen molar-refractivity contribution in [1.29, 1.82) is 0 Å². The molecule has 0 aliphatic rings. The third-order valence-electron chi connectivity index (χ3n) is 2.91. The smallest absolute Gasteiger partial charge is 0.150 e. The zero-order valence-corrected chi connectivity index (χ0v) is 12.4. The van der Waals surface area contributed by atoms with Crippen molar-refractivity contribution >= 4 is 11.8 Å². The molecule has 0 bridgehead atoms. The summed E-state index contributed by atoms with van der Waals surface area (Å²) >= 11 is 1.92. The zero-order valence-electron chi connectivity index (χ0n) is 11.6. The highest BCUT2D eigenvalue weighted by atomic mass is 32.2. The average Bonchev–Trinajstić information content (AvgIpc) is 2.74. The van der Waals surface area contributed by atoms with E-state index in [0.29, 0.717) is 5.92 Å². The molecule has 0 amide bonds. The highest BCUT2D eigenvalue weighted by molar-refractivity contribution is 7.99. The van der Waals surface area contributed by atoms with E-state index in [-0.39, 0.29) is 0 Å². The summed E-state index contributed by atoms with van der Waals surface area (Å²) in [5, 5.41) is 4.80. The molecule has 0 saturated heterocycles. The van der Waals surface area contributed by atoms with Crippen LogP contribution in [0.2, 0.25) is 0 Å². The molecule has 0 aromatic carbocycles. The monoisotopic (exact) mass is 256 g/mol. The van der Waals surface area contributed by atoms with Gasteiger partial charge in [-0.25, -0.2) is 0 Å². The molecular weight excluding hydrogens is 232 g/mol. The van der Waals surface area contributed by atoms with E-state index in [1.165, 1.54) is 6.42 Å². The van der Waals surface area contributed by atoms with E-state index in [1.54, 1.807) is 0 Å². The summed E-state index contributed by atoms with van der Waals surface area (Å²) in [6.45, 7) is 8.47. The lowest BCUT2D eigenvalue weighted by Crippen LogP contribution is -2.21. The van der Waals surface area contributed by atoms with Crippen LogP contribution in [0.1, 0.15) is 44.6 Å². The van der Waals surface area contributed by atoms with E-state index in [9.17, 15) is 0 Å². The van der Waals surface area contributed by atoms with Crippen LogP contribution in [0.5, 0.6) is 0 Å². The largest absolute Gasteiger partial charge is 0.360 e. The van der Waals surface area contributed by atoms with Crippen molar-refractivity contribution in [3.8, 4) is 0 Å². The molecule has 0 aliphatic heterocycles. The average molecular weight is 256 g/mol. The molecule has 0 unspecified atom stereocenters. The lowest BCUT2D eigenvalue weighted by molar-refractivity contribution is 0.269. The highest BCUT2D eigenvalue weighted by Gasteiger charge is 2.10. The summed E-state index contributed by atoms with van der Waals surface area (Å²) in [4.78, 5) is 2.29. The van der Waals surface area contributed by atoms with Gasteiger partial charge in [0, 0.05) is 11.3 Å². The van der Waals surface area contributed by atoms with Crippen molar-refractivity contribution in [2.24, 2.45) is 0 Å². The molecule has 0 N–H and O–H groups in total. The van der Waals surface area contributed by atoms with Gasteiger partial charge in [0.1, 0.15) is 0 Å². The summed E-state index contributed by atoms with van der Waals surface area (Å²) < 4.78 is 5.33. The van der Waals surface area contributed by atoms with Crippen LogP contribution in [0, 0.1) is 0 Å². The molecule has 1 atom stereocenters. The second-order valence-electron chi connectivity index (χ2n) is 4.95. The lowest BCUT2D eigenvalue weighted by Gasteiger charge is -2.16. The number of thioether (sulfide) groups is 1. The second-order valence-corrected chi connectivity index (χ2v) is 6.22. The van der Waals surface area contributed by atoms with Gasteiger partial charge in [-0.3, -0.25) is 4.90 Å². The molecule has 98 valence electrons. The van der Waals surface area contributed by atoms with Crippen LogP contribution in [0.25, 0.3) is 0 Å². The minimum absolute atomic E-state index is 0.439. The van der Waals surface area contributed by atoms with Crippen molar-refractivity contribution in [3.63, 3.8) is 0 Å². The SMILES string of the molecule is CS[C@@H](C)CCN(C)Cc1cc(C(C)C)no1. The molecule has 0 fully saturated rings. The van der Waals surface area contributed by atoms with E-state index in [0.717, 1.165) is 29.8 Å². The lowest BCUT2D eigenvalue weighted by atomic mass is 10.1.